The summed E-state index contributed by atoms with van der Waals surface area (Å²) in [6, 6.07) is 21.9. The Morgan fingerprint density at radius 2 is 1.86 bits per heavy atom. The minimum Gasteiger partial charge on any atom is -0.348 e. The molecule has 7 nitrogen and oxygen atoms in total. The summed E-state index contributed by atoms with van der Waals surface area (Å²) >= 11 is 1.26. The molecule has 35 heavy (non-hydrogen) atoms. The van der Waals surface area contributed by atoms with Gasteiger partial charge >= 0.3 is 0 Å². The Morgan fingerprint density at radius 1 is 1.06 bits per heavy atom. The lowest BCUT2D eigenvalue weighted by atomic mass is 10.1. The average Bonchev–Trinajstić information content (AvgIpc) is 3.36. The van der Waals surface area contributed by atoms with Crippen molar-refractivity contribution in [3.8, 4) is 11.8 Å². The highest BCUT2D eigenvalue weighted by atomic mass is 32.2. The van der Waals surface area contributed by atoms with E-state index < -0.39 is 0 Å². The van der Waals surface area contributed by atoms with Crippen molar-refractivity contribution < 1.29 is 14.0 Å². The van der Waals surface area contributed by atoms with Gasteiger partial charge in [-0.2, -0.15) is 5.26 Å². The summed E-state index contributed by atoms with van der Waals surface area (Å²) in [7, 11) is 0. The first kappa shape index (κ1) is 23.7. The molecule has 0 saturated carbocycles. The van der Waals surface area contributed by atoms with Gasteiger partial charge in [-0.1, -0.05) is 36.0 Å². The van der Waals surface area contributed by atoms with Gasteiger partial charge in [-0.25, -0.2) is 9.37 Å². The van der Waals surface area contributed by atoms with Crippen LogP contribution in [0.4, 0.5) is 10.1 Å². The zero-order chi connectivity index (χ0) is 24.6. The molecule has 2 amide bonds. The van der Waals surface area contributed by atoms with Gasteiger partial charge in [0.25, 0.3) is 5.91 Å². The maximum Gasteiger partial charge on any atom is 0.251 e. The zero-order valence-corrected chi connectivity index (χ0v) is 19.3. The van der Waals surface area contributed by atoms with Crippen LogP contribution in [0.25, 0.3) is 5.69 Å². The molecule has 0 saturated heterocycles. The molecule has 0 fully saturated rings. The summed E-state index contributed by atoms with van der Waals surface area (Å²) < 4.78 is 15.6. The van der Waals surface area contributed by atoms with E-state index in [0.717, 1.165) is 5.69 Å². The molecule has 174 valence electrons. The number of hydrogen-bond donors (Lipinski definition) is 2. The number of nitriles is 1. The Hall–Kier alpha value is -4.42. The zero-order valence-electron chi connectivity index (χ0n) is 18.4. The van der Waals surface area contributed by atoms with Crippen LogP contribution in [0.3, 0.4) is 0 Å². The molecular formula is C26H20FN5O2S. The molecule has 0 aliphatic carbocycles. The van der Waals surface area contributed by atoms with Crippen molar-refractivity contribution in [1.29, 1.82) is 5.26 Å². The SMILES string of the molecule is N#Cc1cccc(NC(=O)CSc2nccn2-c2ccc(C(=O)NCc3ccccc3F)cc2)c1. The molecule has 0 bridgehead atoms. The van der Waals surface area contributed by atoms with E-state index in [9.17, 15) is 14.0 Å². The van der Waals surface area contributed by atoms with E-state index in [1.165, 1.54) is 17.8 Å². The quantitative estimate of drug-likeness (QED) is 0.357. The third-order valence-electron chi connectivity index (χ3n) is 5.02. The molecule has 4 rings (SSSR count). The number of carbonyl (C=O) groups excluding carboxylic acids is 2. The lowest BCUT2D eigenvalue weighted by Gasteiger charge is -2.10. The molecule has 0 radical (unpaired) electrons. The topological polar surface area (TPSA) is 99.8 Å². The maximum absolute atomic E-state index is 13.7. The van der Waals surface area contributed by atoms with Gasteiger partial charge in [0.1, 0.15) is 5.82 Å². The number of benzene rings is 3. The monoisotopic (exact) mass is 485 g/mol. The van der Waals surface area contributed by atoms with Crippen LogP contribution in [-0.2, 0) is 11.3 Å². The van der Waals surface area contributed by atoms with Crippen molar-refractivity contribution in [3.63, 3.8) is 0 Å². The number of anilines is 1. The fourth-order valence-corrected chi connectivity index (χ4v) is 4.05. The standard InChI is InChI=1S/C26H20FN5O2S/c27-23-7-2-1-5-20(23)16-30-25(34)19-8-10-22(11-9-19)32-13-12-29-26(32)35-17-24(33)31-21-6-3-4-18(14-21)15-28/h1-14H,16-17H2,(H,30,34)(H,31,33). The summed E-state index contributed by atoms with van der Waals surface area (Å²) in [6.45, 7) is 0.0957. The lowest BCUT2D eigenvalue weighted by Crippen LogP contribution is -2.23. The van der Waals surface area contributed by atoms with E-state index in [1.54, 1.807) is 79.1 Å². The van der Waals surface area contributed by atoms with Gasteiger partial charge < -0.3 is 10.6 Å². The van der Waals surface area contributed by atoms with Crippen molar-refractivity contribution >= 4 is 29.3 Å². The highest BCUT2D eigenvalue weighted by Crippen LogP contribution is 2.21. The van der Waals surface area contributed by atoms with E-state index in [0.29, 0.717) is 27.5 Å². The molecule has 1 aromatic heterocycles. The molecule has 0 unspecified atom stereocenters. The van der Waals surface area contributed by atoms with Crippen molar-refractivity contribution in [2.45, 2.75) is 11.7 Å². The van der Waals surface area contributed by atoms with Gasteiger partial charge in [0.15, 0.2) is 5.16 Å². The molecule has 0 aliphatic heterocycles. The lowest BCUT2D eigenvalue weighted by molar-refractivity contribution is -0.113. The van der Waals surface area contributed by atoms with E-state index in [1.807, 2.05) is 10.6 Å². The largest absolute Gasteiger partial charge is 0.348 e. The third-order valence-corrected chi connectivity index (χ3v) is 5.99. The van der Waals surface area contributed by atoms with Gasteiger partial charge in [-0.05, 0) is 48.5 Å². The number of halogens is 1. The molecule has 2 N–H and O–H groups in total. The smallest absolute Gasteiger partial charge is 0.251 e. The fourth-order valence-electron chi connectivity index (χ4n) is 3.28. The first-order chi connectivity index (χ1) is 17.0. The summed E-state index contributed by atoms with van der Waals surface area (Å²) in [5.41, 5.74) is 2.66. The summed E-state index contributed by atoms with van der Waals surface area (Å²) in [4.78, 5) is 29.1. The van der Waals surface area contributed by atoms with Crippen LogP contribution in [0, 0.1) is 17.1 Å². The summed E-state index contributed by atoms with van der Waals surface area (Å²) in [5.74, 6) is -0.763. The Bertz CT molecular complexity index is 1400. The normalized spacial score (nSPS) is 10.4. The molecule has 1 heterocycles. The number of nitrogens with zero attached hydrogens (tertiary/aromatic N) is 3. The first-order valence-electron chi connectivity index (χ1n) is 10.6. The van der Waals surface area contributed by atoms with Crippen LogP contribution in [0.5, 0.6) is 0 Å². The summed E-state index contributed by atoms with van der Waals surface area (Å²) in [6.07, 6.45) is 3.40. The number of aromatic nitrogens is 2. The number of nitrogens with one attached hydrogen (secondary N) is 2. The van der Waals surface area contributed by atoms with Crippen LogP contribution >= 0.6 is 11.8 Å². The molecule has 0 aliphatic rings. The van der Waals surface area contributed by atoms with Gasteiger partial charge in [-0.3, -0.25) is 14.2 Å². The van der Waals surface area contributed by atoms with E-state index in [2.05, 4.69) is 15.6 Å². The van der Waals surface area contributed by atoms with Crippen molar-refractivity contribution in [3.05, 3.63) is 108 Å². The highest BCUT2D eigenvalue weighted by molar-refractivity contribution is 7.99. The third kappa shape index (κ3) is 6.13. The predicted molar refractivity (Wildman–Crippen MR) is 132 cm³/mol. The van der Waals surface area contributed by atoms with Gasteiger partial charge in [0.2, 0.25) is 5.91 Å². The number of imidazole rings is 1. The number of rotatable bonds is 8. The van der Waals surface area contributed by atoms with Gasteiger partial charge in [0, 0.05) is 41.4 Å². The molecular weight excluding hydrogens is 465 g/mol. The number of carbonyl (C=O) groups is 2. The second-order valence-corrected chi connectivity index (χ2v) is 8.37. The second-order valence-electron chi connectivity index (χ2n) is 7.43. The first-order valence-corrected chi connectivity index (χ1v) is 11.6. The molecule has 0 spiro atoms. The fraction of sp³-hybridized carbons (Fsp3) is 0.0769. The average molecular weight is 486 g/mol. The minimum atomic E-state index is -0.363. The van der Waals surface area contributed by atoms with Crippen molar-refractivity contribution in [2.75, 3.05) is 11.1 Å². The van der Waals surface area contributed by atoms with E-state index in [-0.39, 0.29) is 29.9 Å². The van der Waals surface area contributed by atoms with Gasteiger partial charge in [-0.15, -0.1) is 0 Å². The van der Waals surface area contributed by atoms with Crippen LogP contribution in [0.2, 0.25) is 0 Å². The number of amides is 2. The number of hydrogen-bond acceptors (Lipinski definition) is 5. The molecule has 0 atom stereocenters. The van der Waals surface area contributed by atoms with Crippen LogP contribution < -0.4 is 10.6 Å². The molecule has 9 heteroatoms. The minimum absolute atomic E-state index is 0.0957. The van der Waals surface area contributed by atoms with Crippen LogP contribution in [0.15, 0.2) is 90.3 Å². The molecule has 4 aromatic rings. The predicted octanol–water partition coefficient (Wildman–Crippen LogP) is 4.54. The van der Waals surface area contributed by atoms with Gasteiger partial charge in [0.05, 0.1) is 17.4 Å². The Labute approximate surface area is 205 Å². The van der Waals surface area contributed by atoms with E-state index >= 15 is 0 Å². The van der Waals surface area contributed by atoms with Crippen molar-refractivity contribution in [1.82, 2.24) is 14.9 Å². The second kappa shape index (κ2) is 11.1. The Morgan fingerprint density at radius 3 is 2.63 bits per heavy atom. The van der Waals surface area contributed by atoms with Crippen molar-refractivity contribution in [2.24, 2.45) is 0 Å². The Kier molecular flexibility index (Phi) is 7.55. The van der Waals surface area contributed by atoms with Crippen LogP contribution in [-0.4, -0.2) is 27.1 Å². The molecule has 3 aromatic carbocycles. The highest BCUT2D eigenvalue weighted by Gasteiger charge is 2.12. The van der Waals surface area contributed by atoms with E-state index in [4.69, 9.17) is 5.26 Å². The maximum atomic E-state index is 13.7. The number of thioether (sulfide) groups is 1. The summed E-state index contributed by atoms with van der Waals surface area (Å²) in [5, 5.41) is 15.1. The Balaban J connectivity index is 1.35. The van der Waals surface area contributed by atoms with Crippen LogP contribution in [0.1, 0.15) is 21.5 Å².